The third kappa shape index (κ3) is 5.29. The number of carbonyl (C=O) groups is 1. The molecule has 0 N–H and O–H groups in total. The molecule has 0 aromatic heterocycles. The van der Waals surface area contributed by atoms with Crippen molar-refractivity contribution in [1.82, 2.24) is 9.21 Å². The van der Waals surface area contributed by atoms with Crippen molar-refractivity contribution in [2.45, 2.75) is 31.0 Å². The average molecular weight is 529 g/mol. The number of benzene rings is 2. The molecule has 0 spiro atoms. The summed E-state index contributed by atoms with van der Waals surface area (Å²) in [6.45, 7) is 5.47. The first kappa shape index (κ1) is 26.2. The number of halogens is 4. The van der Waals surface area contributed by atoms with Crippen LogP contribution in [0.1, 0.15) is 19.4 Å². The van der Waals surface area contributed by atoms with Gasteiger partial charge in [-0.05, 0) is 43.3 Å². The van der Waals surface area contributed by atoms with Gasteiger partial charge in [0.25, 0.3) is 0 Å². The third-order valence-electron chi connectivity index (χ3n) is 6.69. The summed E-state index contributed by atoms with van der Waals surface area (Å²) in [4.78, 5) is 16.9. The Labute approximate surface area is 207 Å². The van der Waals surface area contributed by atoms with E-state index in [9.17, 15) is 30.8 Å². The second kappa shape index (κ2) is 9.89. The fourth-order valence-electron chi connectivity index (χ4n) is 4.78. The lowest BCUT2D eigenvalue weighted by atomic mass is 10.1. The molecule has 0 unspecified atom stereocenters. The third-order valence-corrected chi connectivity index (χ3v) is 8.70. The minimum atomic E-state index is -4.74. The van der Waals surface area contributed by atoms with Crippen molar-refractivity contribution in [1.29, 1.82) is 0 Å². The highest BCUT2D eigenvalue weighted by atomic mass is 32.2. The topological polar surface area (TPSA) is 64.2 Å². The highest BCUT2D eigenvalue weighted by Gasteiger charge is 2.39. The summed E-state index contributed by atoms with van der Waals surface area (Å²) in [6, 6.07) is 8.49. The van der Waals surface area contributed by atoms with Gasteiger partial charge in [0, 0.05) is 70.2 Å². The number of anilines is 2. The average Bonchev–Trinajstić information content (AvgIpc) is 2.83. The van der Waals surface area contributed by atoms with Gasteiger partial charge in [0.2, 0.25) is 15.9 Å². The molecule has 2 fully saturated rings. The number of alkyl halides is 3. The normalized spacial score (nSPS) is 20.1. The Morgan fingerprint density at radius 1 is 0.944 bits per heavy atom. The Kier molecular flexibility index (Phi) is 7.20. The van der Waals surface area contributed by atoms with Gasteiger partial charge in [-0.15, -0.1) is 0 Å². The SMILES string of the molecule is CC(=O)N1CCN(c2cccc(S(=O)(=O)N3CCN(c4ccc(F)cc4C(F)(F)F)C[C@H]3C)c2)CC1. The highest BCUT2D eigenvalue weighted by molar-refractivity contribution is 7.89. The number of piperazine rings is 2. The molecule has 2 saturated heterocycles. The van der Waals surface area contributed by atoms with Crippen LogP contribution in [0.5, 0.6) is 0 Å². The number of amides is 1. The maximum absolute atomic E-state index is 13.5. The molecule has 4 rings (SSSR count). The van der Waals surface area contributed by atoms with Crippen LogP contribution in [0.3, 0.4) is 0 Å². The molecule has 1 amide bonds. The first-order chi connectivity index (χ1) is 16.9. The standard InChI is InChI=1S/C24H28F4N4O3S/c1-17-16-31(23-7-6-19(25)14-22(23)24(26,27)28)12-13-32(17)36(34,35)21-5-3-4-20(15-21)30-10-8-29(9-11-30)18(2)33/h3-7,14-15,17H,8-13,16H2,1-2H3/t17-/m1/s1. The van der Waals surface area contributed by atoms with Crippen molar-refractivity contribution >= 4 is 27.3 Å². The first-order valence-electron chi connectivity index (χ1n) is 11.6. The molecule has 2 aromatic carbocycles. The second-order valence-electron chi connectivity index (χ2n) is 9.06. The summed E-state index contributed by atoms with van der Waals surface area (Å²) >= 11 is 0. The van der Waals surface area contributed by atoms with Gasteiger partial charge in [0.05, 0.1) is 10.5 Å². The van der Waals surface area contributed by atoms with Gasteiger partial charge in [-0.25, -0.2) is 12.8 Å². The van der Waals surface area contributed by atoms with Gasteiger partial charge in [-0.3, -0.25) is 4.79 Å². The van der Waals surface area contributed by atoms with E-state index in [1.54, 1.807) is 24.0 Å². The van der Waals surface area contributed by atoms with E-state index >= 15 is 0 Å². The van der Waals surface area contributed by atoms with Gasteiger partial charge < -0.3 is 14.7 Å². The molecule has 36 heavy (non-hydrogen) atoms. The lowest BCUT2D eigenvalue weighted by Crippen LogP contribution is -2.54. The minimum Gasteiger partial charge on any atom is -0.368 e. The largest absolute Gasteiger partial charge is 0.418 e. The molecule has 196 valence electrons. The molecule has 2 aliphatic rings. The molecule has 0 bridgehead atoms. The summed E-state index contributed by atoms with van der Waals surface area (Å²) in [5.74, 6) is -0.981. The van der Waals surface area contributed by atoms with Crippen molar-refractivity contribution in [3.05, 3.63) is 53.8 Å². The fourth-order valence-corrected chi connectivity index (χ4v) is 6.44. The molecule has 2 aromatic rings. The fraction of sp³-hybridized carbons (Fsp3) is 0.458. The van der Waals surface area contributed by atoms with Crippen molar-refractivity contribution < 1.29 is 30.8 Å². The zero-order valence-corrected chi connectivity index (χ0v) is 20.8. The number of rotatable bonds is 4. The molecule has 12 heteroatoms. The summed E-state index contributed by atoms with van der Waals surface area (Å²) in [5.41, 5.74) is -0.519. The zero-order chi connectivity index (χ0) is 26.3. The Bertz CT molecular complexity index is 1230. The lowest BCUT2D eigenvalue weighted by molar-refractivity contribution is -0.137. The van der Waals surface area contributed by atoms with E-state index < -0.39 is 33.6 Å². The monoisotopic (exact) mass is 528 g/mol. The molecule has 0 radical (unpaired) electrons. The van der Waals surface area contributed by atoms with Crippen LogP contribution in [0.2, 0.25) is 0 Å². The highest BCUT2D eigenvalue weighted by Crippen LogP contribution is 2.38. The Morgan fingerprint density at radius 2 is 1.61 bits per heavy atom. The van der Waals surface area contributed by atoms with Crippen LogP contribution >= 0.6 is 0 Å². The van der Waals surface area contributed by atoms with E-state index in [1.165, 1.54) is 22.2 Å². The van der Waals surface area contributed by atoms with Crippen molar-refractivity contribution in [3.63, 3.8) is 0 Å². The summed E-state index contributed by atoms with van der Waals surface area (Å²) in [5, 5.41) is 0. The van der Waals surface area contributed by atoms with E-state index in [2.05, 4.69) is 0 Å². The molecule has 7 nitrogen and oxygen atoms in total. The van der Waals surface area contributed by atoms with Crippen molar-refractivity contribution in [2.24, 2.45) is 0 Å². The summed E-state index contributed by atoms with van der Waals surface area (Å²) < 4.78 is 82.3. The van der Waals surface area contributed by atoms with Crippen LogP contribution in [0, 0.1) is 5.82 Å². The first-order valence-corrected chi connectivity index (χ1v) is 13.1. The lowest BCUT2D eigenvalue weighted by Gasteiger charge is -2.41. The van der Waals surface area contributed by atoms with Crippen molar-refractivity contribution in [2.75, 3.05) is 55.6 Å². The molecule has 0 aliphatic carbocycles. The van der Waals surface area contributed by atoms with Gasteiger partial charge >= 0.3 is 6.18 Å². The zero-order valence-electron chi connectivity index (χ0n) is 20.0. The second-order valence-corrected chi connectivity index (χ2v) is 11.0. The number of carbonyl (C=O) groups excluding carboxylic acids is 1. The maximum Gasteiger partial charge on any atom is 0.418 e. The van der Waals surface area contributed by atoms with E-state index in [0.29, 0.717) is 32.2 Å². The molecular formula is C24H28F4N4O3S. The number of hydrogen-bond acceptors (Lipinski definition) is 5. The van der Waals surface area contributed by atoms with Crippen LogP contribution in [0.4, 0.5) is 28.9 Å². The van der Waals surface area contributed by atoms with Crippen LogP contribution in [-0.2, 0) is 21.0 Å². The molecular weight excluding hydrogens is 500 g/mol. The van der Waals surface area contributed by atoms with Crippen LogP contribution < -0.4 is 9.80 Å². The van der Waals surface area contributed by atoms with E-state index in [-0.39, 0.29) is 36.1 Å². The minimum absolute atomic E-state index is 0.00194. The maximum atomic E-state index is 13.5. The van der Waals surface area contributed by atoms with Crippen LogP contribution in [0.15, 0.2) is 47.4 Å². The molecule has 0 saturated carbocycles. The number of nitrogens with zero attached hydrogens (tertiary/aromatic N) is 4. The molecule has 1 atom stereocenters. The van der Waals surface area contributed by atoms with Crippen molar-refractivity contribution in [3.8, 4) is 0 Å². The molecule has 2 aliphatic heterocycles. The predicted octanol–water partition coefficient (Wildman–Crippen LogP) is 3.41. The predicted molar refractivity (Wildman–Crippen MR) is 128 cm³/mol. The van der Waals surface area contributed by atoms with E-state index in [0.717, 1.165) is 17.8 Å². The quantitative estimate of drug-likeness (QED) is 0.570. The Hall–Kier alpha value is -2.86. The van der Waals surface area contributed by atoms with Gasteiger partial charge in [-0.1, -0.05) is 6.07 Å². The van der Waals surface area contributed by atoms with Gasteiger partial charge in [0.15, 0.2) is 0 Å². The summed E-state index contributed by atoms with van der Waals surface area (Å²) in [7, 11) is -3.91. The Balaban J connectivity index is 1.51. The van der Waals surface area contributed by atoms with Crippen LogP contribution in [-0.4, -0.2) is 75.4 Å². The van der Waals surface area contributed by atoms with E-state index in [4.69, 9.17) is 0 Å². The number of hydrogen-bond donors (Lipinski definition) is 0. The van der Waals surface area contributed by atoms with Gasteiger partial charge in [0.1, 0.15) is 5.82 Å². The smallest absolute Gasteiger partial charge is 0.368 e. The van der Waals surface area contributed by atoms with Gasteiger partial charge in [-0.2, -0.15) is 17.5 Å². The molecule has 2 heterocycles. The summed E-state index contributed by atoms with van der Waals surface area (Å²) in [6.07, 6.45) is -4.74. The van der Waals surface area contributed by atoms with Crippen LogP contribution in [0.25, 0.3) is 0 Å². The number of sulfonamides is 1. The van der Waals surface area contributed by atoms with E-state index in [1.807, 2.05) is 11.0 Å². The Morgan fingerprint density at radius 3 is 2.22 bits per heavy atom.